The number of hydrogen-bond acceptors (Lipinski definition) is 8. The van der Waals surface area contributed by atoms with Crippen LogP contribution in [-0.2, 0) is 16.1 Å². The number of carbonyl (C=O) groups is 2. The molecule has 0 unspecified atom stereocenters. The molecule has 174 valence electrons. The Hall–Kier alpha value is -3.24. The Morgan fingerprint density at radius 2 is 1.82 bits per heavy atom. The molecule has 0 saturated carbocycles. The third-order valence-corrected chi connectivity index (χ3v) is 6.81. The molecule has 2 amide bonds. The zero-order valence-corrected chi connectivity index (χ0v) is 19.8. The second-order valence-electron chi connectivity index (χ2n) is 7.70. The number of amides is 2. The van der Waals surface area contributed by atoms with Crippen LogP contribution in [0.5, 0.6) is 5.88 Å². The van der Waals surface area contributed by atoms with Crippen molar-refractivity contribution in [3.05, 3.63) is 46.6 Å². The van der Waals surface area contributed by atoms with Crippen LogP contribution in [0.2, 0.25) is 0 Å². The van der Waals surface area contributed by atoms with Gasteiger partial charge in [-0.25, -0.2) is 4.98 Å². The number of para-hydroxylation sites is 1. The molecule has 0 spiro atoms. The largest absolute Gasteiger partial charge is 0.480 e. The van der Waals surface area contributed by atoms with Gasteiger partial charge in [0.05, 0.1) is 23.9 Å². The number of aryl methyl sites for hydroxylation is 1. The number of ether oxygens (including phenoxy) is 2. The van der Waals surface area contributed by atoms with Crippen molar-refractivity contribution in [2.45, 2.75) is 13.5 Å². The van der Waals surface area contributed by atoms with E-state index in [0.29, 0.717) is 39.9 Å². The van der Waals surface area contributed by atoms with Crippen LogP contribution in [0.25, 0.3) is 10.2 Å². The minimum Gasteiger partial charge on any atom is -0.480 e. The summed E-state index contributed by atoms with van der Waals surface area (Å²) in [6, 6.07) is 10.2. The molecule has 0 atom stereocenters. The topological polar surface area (TPSA) is 96.9 Å². The van der Waals surface area contributed by atoms with Gasteiger partial charge in [0.25, 0.3) is 5.91 Å². The van der Waals surface area contributed by atoms with Gasteiger partial charge in [0.1, 0.15) is 11.4 Å². The minimum atomic E-state index is -0.304. The van der Waals surface area contributed by atoms with E-state index in [0.717, 1.165) is 24.3 Å². The molecule has 10 heteroatoms. The van der Waals surface area contributed by atoms with Gasteiger partial charge in [-0.2, -0.15) is 4.98 Å². The number of piperazine rings is 1. The maximum absolute atomic E-state index is 12.9. The number of rotatable bonds is 7. The van der Waals surface area contributed by atoms with Crippen LogP contribution < -0.4 is 15.0 Å². The average molecular weight is 470 g/mol. The van der Waals surface area contributed by atoms with Crippen LogP contribution in [0.4, 0.5) is 5.69 Å². The van der Waals surface area contributed by atoms with E-state index in [-0.39, 0.29) is 25.0 Å². The van der Waals surface area contributed by atoms with Gasteiger partial charge in [-0.1, -0.05) is 18.2 Å². The molecule has 9 nitrogen and oxygen atoms in total. The normalized spacial score (nSPS) is 13.9. The fourth-order valence-electron chi connectivity index (χ4n) is 3.90. The highest BCUT2D eigenvalue weighted by Crippen LogP contribution is 2.35. The third-order valence-electron chi connectivity index (χ3n) is 5.63. The van der Waals surface area contributed by atoms with Gasteiger partial charge in [0, 0.05) is 39.0 Å². The van der Waals surface area contributed by atoms with Gasteiger partial charge in [-0.15, -0.1) is 11.3 Å². The van der Waals surface area contributed by atoms with Crippen molar-refractivity contribution in [3.8, 4) is 5.88 Å². The standard InChI is InChI=1S/C23H27N5O4S/c1-15-19-22(32-3)25-17(14-31-2)26-23(19)33-20(15)21(30)24-13-18(29)28-11-9-27(10-12-28)16-7-5-4-6-8-16/h4-8H,9-14H2,1-3H3,(H,24,30). The molecular formula is C23H27N5O4S. The zero-order chi connectivity index (χ0) is 23.4. The summed E-state index contributed by atoms with van der Waals surface area (Å²) in [6.07, 6.45) is 0. The summed E-state index contributed by atoms with van der Waals surface area (Å²) in [5.41, 5.74) is 1.89. The van der Waals surface area contributed by atoms with E-state index in [1.807, 2.05) is 25.1 Å². The highest BCUT2D eigenvalue weighted by molar-refractivity contribution is 7.20. The molecule has 33 heavy (non-hydrogen) atoms. The van der Waals surface area contributed by atoms with Crippen LogP contribution in [0.3, 0.4) is 0 Å². The lowest BCUT2D eigenvalue weighted by Crippen LogP contribution is -2.51. The molecular weight excluding hydrogens is 442 g/mol. The smallest absolute Gasteiger partial charge is 0.262 e. The number of nitrogens with one attached hydrogen (secondary N) is 1. The van der Waals surface area contributed by atoms with E-state index < -0.39 is 0 Å². The summed E-state index contributed by atoms with van der Waals surface area (Å²) >= 11 is 1.26. The fraction of sp³-hybridized carbons (Fsp3) is 0.391. The van der Waals surface area contributed by atoms with Crippen molar-refractivity contribution in [1.29, 1.82) is 0 Å². The number of methoxy groups -OCH3 is 2. The first-order valence-corrected chi connectivity index (χ1v) is 11.5. The highest BCUT2D eigenvalue weighted by atomic mass is 32.1. The summed E-state index contributed by atoms with van der Waals surface area (Å²) in [6.45, 7) is 4.82. The van der Waals surface area contributed by atoms with Crippen LogP contribution in [0, 0.1) is 6.92 Å². The van der Waals surface area contributed by atoms with E-state index in [9.17, 15) is 9.59 Å². The number of fused-ring (bicyclic) bond motifs is 1. The molecule has 1 N–H and O–H groups in total. The van der Waals surface area contributed by atoms with Crippen molar-refractivity contribution in [3.63, 3.8) is 0 Å². The minimum absolute atomic E-state index is 0.0460. The van der Waals surface area contributed by atoms with Crippen LogP contribution >= 0.6 is 11.3 Å². The van der Waals surface area contributed by atoms with E-state index in [1.54, 1.807) is 12.0 Å². The SMILES string of the molecule is COCc1nc(OC)c2c(C)c(C(=O)NCC(=O)N3CCN(c4ccccc4)CC3)sc2n1. The van der Waals surface area contributed by atoms with Crippen molar-refractivity contribution in [1.82, 2.24) is 20.2 Å². The lowest BCUT2D eigenvalue weighted by molar-refractivity contribution is -0.130. The maximum atomic E-state index is 12.9. The molecule has 1 aromatic carbocycles. The molecule has 2 aromatic heterocycles. The van der Waals surface area contributed by atoms with Crippen molar-refractivity contribution in [2.75, 3.05) is 51.8 Å². The van der Waals surface area contributed by atoms with Crippen LogP contribution in [-0.4, -0.2) is 73.6 Å². The van der Waals surface area contributed by atoms with Gasteiger partial charge >= 0.3 is 0 Å². The Morgan fingerprint density at radius 3 is 2.48 bits per heavy atom. The quantitative estimate of drug-likeness (QED) is 0.567. The van der Waals surface area contributed by atoms with Gasteiger partial charge in [0.2, 0.25) is 11.8 Å². The molecule has 0 bridgehead atoms. The number of benzene rings is 1. The number of thiophene rings is 1. The summed E-state index contributed by atoms with van der Waals surface area (Å²) < 4.78 is 10.5. The average Bonchev–Trinajstić information content (AvgIpc) is 3.19. The van der Waals surface area contributed by atoms with Gasteiger partial charge in [-0.3, -0.25) is 9.59 Å². The van der Waals surface area contributed by atoms with Crippen LogP contribution in [0.15, 0.2) is 30.3 Å². The second kappa shape index (κ2) is 10.1. The van der Waals surface area contributed by atoms with Gasteiger partial charge in [-0.05, 0) is 24.6 Å². The maximum Gasteiger partial charge on any atom is 0.262 e. The first kappa shape index (κ1) is 22.9. The molecule has 3 heterocycles. The van der Waals surface area contributed by atoms with Gasteiger partial charge in [0.15, 0.2) is 5.82 Å². The molecule has 1 aliphatic rings. The number of anilines is 1. The Balaban J connectivity index is 1.38. The third kappa shape index (κ3) is 4.91. The highest BCUT2D eigenvalue weighted by Gasteiger charge is 2.24. The second-order valence-corrected chi connectivity index (χ2v) is 8.70. The van der Waals surface area contributed by atoms with Crippen molar-refractivity contribution >= 4 is 39.1 Å². The predicted octanol–water partition coefficient (Wildman–Crippen LogP) is 2.23. The van der Waals surface area contributed by atoms with Crippen molar-refractivity contribution in [2.24, 2.45) is 0 Å². The number of nitrogens with zero attached hydrogens (tertiary/aromatic N) is 4. The predicted molar refractivity (Wildman–Crippen MR) is 127 cm³/mol. The van der Waals surface area contributed by atoms with Crippen LogP contribution in [0.1, 0.15) is 21.1 Å². The molecule has 1 aliphatic heterocycles. The Labute approximate surface area is 196 Å². The number of carbonyl (C=O) groups excluding carboxylic acids is 2. The van der Waals surface area contributed by atoms with Gasteiger partial charge < -0.3 is 24.6 Å². The lowest BCUT2D eigenvalue weighted by Gasteiger charge is -2.36. The van der Waals surface area contributed by atoms with E-state index in [4.69, 9.17) is 9.47 Å². The molecule has 0 aliphatic carbocycles. The summed E-state index contributed by atoms with van der Waals surface area (Å²) in [7, 11) is 3.10. The molecule has 1 fully saturated rings. The summed E-state index contributed by atoms with van der Waals surface area (Å²) in [5.74, 6) is 0.504. The zero-order valence-electron chi connectivity index (χ0n) is 19.0. The lowest BCUT2D eigenvalue weighted by atomic mass is 10.2. The fourth-order valence-corrected chi connectivity index (χ4v) is 5.01. The first-order chi connectivity index (χ1) is 16.0. The monoisotopic (exact) mass is 469 g/mol. The Morgan fingerprint density at radius 1 is 1.09 bits per heavy atom. The molecule has 1 saturated heterocycles. The van der Waals surface area contributed by atoms with E-state index in [1.165, 1.54) is 18.4 Å². The van der Waals surface area contributed by atoms with Crippen molar-refractivity contribution < 1.29 is 19.1 Å². The van der Waals surface area contributed by atoms with E-state index >= 15 is 0 Å². The Kier molecular flexibility index (Phi) is 7.05. The molecule has 0 radical (unpaired) electrons. The number of aromatic nitrogens is 2. The summed E-state index contributed by atoms with van der Waals surface area (Å²) in [4.78, 5) is 39.6. The molecule has 4 rings (SSSR count). The first-order valence-electron chi connectivity index (χ1n) is 10.7. The summed E-state index contributed by atoms with van der Waals surface area (Å²) in [5, 5.41) is 3.48. The number of hydrogen-bond donors (Lipinski definition) is 1. The van der Waals surface area contributed by atoms with E-state index in [2.05, 4.69) is 32.3 Å². The molecule has 3 aromatic rings. The Bertz CT molecular complexity index is 1140.